The second kappa shape index (κ2) is 4.26. The minimum absolute atomic E-state index is 0.140. The number of amides is 1. The first-order chi connectivity index (χ1) is 7.65. The van der Waals surface area contributed by atoms with Crippen molar-refractivity contribution in [3.63, 3.8) is 0 Å². The van der Waals surface area contributed by atoms with Gasteiger partial charge in [-0.05, 0) is 19.4 Å². The van der Waals surface area contributed by atoms with Gasteiger partial charge in [0.15, 0.2) is 0 Å². The van der Waals surface area contributed by atoms with Crippen molar-refractivity contribution in [1.29, 1.82) is 0 Å². The molecular formula is C13H18N2O. The molecule has 1 heterocycles. The van der Waals surface area contributed by atoms with Crippen LogP contribution in [0.3, 0.4) is 0 Å². The fourth-order valence-electron chi connectivity index (χ4n) is 2.05. The van der Waals surface area contributed by atoms with Crippen molar-refractivity contribution in [3.8, 4) is 0 Å². The molecule has 2 rings (SSSR count). The minimum atomic E-state index is -0.170. The molecule has 0 spiro atoms. The van der Waals surface area contributed by atoms with Gasteiger partial charge in [0.05, 0.1) is 0 Å². The maximum atomic E-state index is 12.1. The lowest BCUT2D eigenvalue weighted by Gasteiger charge is -2.17. The Balaban J connectivity index is 2.30. The van der Waals surface area contributed by atoms with Crippen LogP contribution in [0.15, 0.2) is 24.3 Å². The Morgan fingerprint density at radius 2 is 2.12 bits per heavy atom. The number of nitrogens with one attached hydrogen (secondary N) is 1. The van der Waals surface area contributed by atoms with E-state index in [-0.39, 0.29) is 11.9 Å². The average Bonchev–Trinajstić information content (AvgIpc) is 2.55. The Bertz CT molecular complexity index is 403. The molecule has 0 bridgehead atoms. The number of rotatable bonds is 3. The van der Waals surface area contributed by atoms with Gasteiger partial charge in [-0.3, -0.25) is 10.1 Å². The lowest BCUT2D eigenvalue weighted by Crippen LogP contribution is -2.36. The van der Waals surface area contributed by atoms with Crippen molar-refractivity contribution in [1.82, 2.24) is 5.32 Å². The summed E-state index contributed by atoms with van der Waals surface area (Å²) in [7, 11) is 1.83. The summed E-state index contributed by atoms with van der Waals surface area (Å²) in [6, 6.07) is 8.15. The molecule has 0 radical (unpaired) electrons. The van der Waals surface area contributed by atoms with E-state index in [1.165, 1.54) is 0 Å². The number of likely N-dealkylation sites (N-methyl/N-ethyl adjacent to an activating group) is 1. The van der Waals surface area contributed by atoms with Gasteiger partial charge in [-0.25, -0.2) is 0 Å². The highest BCUT2D eigenvalue weighted by atomic mass is 16.2. The van der Waals surface area contributed by atoms with Crippen LogP contribution < -0.4 is 10.2 Å². The lowest BCUT2D eigenvalue weighted by atomic mass is 10.1. The molecule has 1 aromatic carbocycles. The fourth-order valence-corrected chi connectivity index (χ4v) is 2.05. The monoisotopic (exact) mass is 218 g/mol. The summed E-state index contributed by atoms with van der Waals surface area (Å²) in [5.74, 6) is 0.140. The largest absolute Gasteiger partial charge is 0.313 e. The first kappa shape index (κ1) is 11.1. The molecule has 1 aromatic rings. The maximum absolute atomic E-state index is 12.1. The van der Waals surface area contributed by atoms with Crippen molar-refractivity contribution < 1.29 is 4.79 Å². The zero-order chi connectivity index (χ0) is 11.7. The third-order valence-corrected chi connectivity index (χ3v) is 3.25. The van der Waals surface area contributed by atoms with Crippen LogP contribution in [0.25, 0.3) is 0 Å². The van der Waals surface area contributed by atoms with Crippen LogP contribution in [0.1, 0.15) is 31.9 Å². The Morgan fingerprint density at radius 1 is 1.44 bits per heavy atom. The van der Waals surface area contributed by atoms with Gasteiger partial charge in [-0.2, -0.15) is 0 Å². The Labute approximate surface area is 96.5 Å². The molecule has 1 amide bonds. The lowest BCUT2D eigenvalue weighted by molar-refractivity contribution is -0.119. The third kappa shape index (κ3) is 1.71. The summed E-state index contributed by atoms with van der Waals surface area (Å²) in [5, 5.41) is 3.37. The van der Waals surface area contributed by atoms with Gasteiger partial charge in [0.1, 0.15) is 6.04 Å². The third-order valence-electron chi connectivity index (χ3n) is 3.25. The highest BCUT2D eigenvalue weighted by molar-refractivity contribution is 6.04. The molecule has 0 aromatic heterocycles. The van der Waals surface area contributed by atoms with Crippen molar-refractivity contribution >= 4 is 11.6 Å². The topological polar surface area (TPSA) is 32.3 Å². The number of hydrogen-bond donors (Lipinski definition) is 1. The van der Waals surface area contributed by atoms with Gasteiger partial charge in [0, 0.05) is 24.3 Å². The number of anilines is 1. The number of hydrogen-bond acceptors (Lipinski definition) is 2. The Kier molecular flexibility index (Phi) is 2.97. The SMILES string of the molecule is CCC(C)NC1C(=O)N(C)c2ccccc21. The average molecular weight is 218 g/mol. The van der Waals surface area contributed by atoms with E-state index in [4.69, 9.17) is 0 Å². The number of benzene rings is 1. The summed E-state index contributed by atoms with van der Waals surface area (Å²) in [6.07, 6.45) is 1.02. The predicted molar refractivity (Wildman–Crippen MR) is 65.5 cm³/mol. The van der Waals surface area contributed by atoms with Crippen LogP contribution >= 0.6 is 0 Å². The Hall–Kier alpha value is -1.35. The summed E-state index contributed by atoms with van der Waals surface area (Å²) in [6.45, 7) is 4.22. The molecule has 3 heteroatoms. The van der Waals surface area contributed by atoms with E-state index in [1.807, 2.05) is 31.3 Å². The fraction of sp³-hybridized carbons (Fsp3) is 0.462. The van der Waals surface area contributed by atoms with Crippen molar-refractivity contribution in [2.75, 3.05) is 11.9 Å². The smallest absolute Gasteiger partial charge is 0.248 e. The highest BCUT2D eigenvalue weighted by Gasteiger charge is 2.34. The second-order valence-corrected chi connectivity index (χ2v) is 4.37. The maximum Gasteiger partial charge on any atom is 0.248 e. The molecule has 1 N–H and O–H groups in total. The van der Waals surface area contributed by atoms with E-state index in [2.05, 4.69) is 19.2 Å². The first-order valence-corrected chi connectivity index (χ1v) is 5.77. The number of carbonyl (C=O) groups is 1. The molecule has 0 saturated carbocycles. The van der Waals surface area contributed by atoms with Crippen LogP contribution in [0.2, 0.25) is 0 Å². The summed E-state index contributed by atoms with van der Waals surface area (Å²) in [5.41, 5.74) is 2.11. The van der Waals surface area contributed by atoms with Crippen molar-refractivity contribution in [2.24, 2.45) is 0 Å². The number of nitrogens with zero attached hydrogens (tertiary/aromatic N) is 1. The van der Waals surface area contributed by atoms with E-state index in [0.29, 0.717) is 6.04 Å². The van der Waals surface area contributed by atoms with Crippen LogP contribution in [-0.4, -0.2) is 19.0 Å². The van der Waals surface area contributed by atoms with E-state index in [0.717, 1.165) is 17.7 Å². The first-order valence-electron chi connectivity index (χ1n) is 5.77. The molecule has 2 atom stereocenters. The van der Waals surface area contributed by atoms with Crippen LogP contribution in [0.5, 0.6) is 0 Å². The van der Waals surface area contributed by atoms with Crippen LogP contribution in [-0.2, 0) is 4.79 Å². The van der Waals surface area contributed by atoms with Gasteiger partial charge in [-0.15, -0.1) is 0 Å². The molecule has 1 aliphatic rings. The van der Waals surface area contributed by atoms with Crippen molar-refractivity contribution in [2.45, 2.75) is 32.4 Å². The quantitative estimate of drug-likeness (QED) is 0.842. The normalized spacial score (nSPS) is 21.1. The highest BCUT2D eigenvalue weighted by Crippen LogP contribution is 2.34. The molecule has 2 unspecified atom stereocenters. The zero-order valence-electron chi connectivity index (χ0n) is 10.0. The van der Waals surface area contributed by atoms with Gasteiger partial charge in [-0.1, -0.05) is 25.1 Å². The van der Waals surface area contributed by atoms with Crippen LogP contribution in [0, 0.1) is 0 Å². The molecule has 16 heavy (non-hydrogen) atoms. The predicted octanol–water partition coefficient (Wildman–Crippen LogP) is 2.09. The van der Waals surface area contributed by atoms with E-state index in [1.54, 1.807) is 4.90 Å². The van der Waals surface area contributed by atoms with E-state index in [9.17, 15) is 4.79 Å². The summed E-state index contributed by atoms with van der Waals surface area (Å²) >= 11 is 0. The molecule has 1 aliphatic heterocycles. The molecule has 3 nitrogen and oxygen atoms in total. The molecule has 0 fully saturated rings. The minimum Gasteiger partial charge on any atom is -0.313 e. The summed E-state index contributed by atoms with van der Waals surface area (Å²) in [4.78, 5) is 13.8. The summed E-state index contributed by atoms with van der Waals surface area (Å²) < 4.78 is 0. The Morgan fingerprint density at radius 3 is 2.81 bits per heavy atom. The second-order valence-electron chi connectivity index (χ2n) is 4.37. The van der Waals surface area contributed by atoms with E-state index >= 15 is 0 Å². The van der Waals surface area contributed by atoms with Gasteiger partial charge in [0.2, 0.25) is 5.91 Å². The van der Waals surface area contributed by atoms with Gasteiger partial charge in [0.25, 0.3) is 0 Å². The van der Waals surface area contributed by atoms with Crippen molar-refractivity contribution in [3.05, 3.63) is 29.8 Å². The molecule has 0 aliphatic carbocycles. The zero-order valence-corrected chi connectivity index (χ0v) is 10.0. The standard InChI is InChI=1S/C13H18N2O/c1-4-9(2)14-12-10-7-5-6-8-11(10)15(3)13(12)16/h5-9,12,14H,4H2,1-3H3. The number of para-hydroxylation sites is 1. The van der Waals surface area contributed by atoms with Crippen LogP contribution in [0.4, 0.5) is 5.69 Å². The molecule has 86 valence electrons. The molecular weight excluding hydrogens is 200 g/mol. The number of fused-ring (bicyclic) bond motifs is 1. The number of carbonyl (C=O) groups excluding carboxylic acids is 1. The van der Waals surface area contributed by atoms with Gasteiger partial charge >= 0.3 is 0 Å². The molecule has 0 saturated heterocycles. The van der Waals surface area contributed by atoms with Gasteiger partial charge < -0.3 is 4.90 Å². The van der Waals surface area contributed by atoms with E-state index < -0.39 is 0 Å².